The average molecular weight is 486 g/mol. The SMILES string of the molecule is COc1ccc(CSCc2cc(NC(=O)C3C(=O)c4ccccc4SN3C)no2)cc1OC. The van der Waals surface area contributed by atoms with Gasteiger partial charge in [-0.2, -0.15) is 0 Å². The molecule has 1 N–H and O–H groups in total. The molecule has 1 aliphatic heterocycles. The molecule has 1 unspecified atom stereocenters. The number of thioether (sulfide) groups is 1. The Morgan fingerprint density at radius 2 is 1.94 bits per heavy atom. The molecule has 1 atom stereocenters. The fourth-order valence-corrected chi connectivity index (χ4v) is 5.30. The number of anilines is 1. The highest BCUT2D eigenvalue weighted by Gasteiger charge is 2.37. The summed E-state index contributed by atoms with van der Waals surface area (Å²) in [4.78, 5) is 26.5. The Hall–Kier alpha value is -2.95. The lowest BCUT2D eigenvalue weighted by atomic mass is 10.0. The zero-order chi connectivity index (χ0) is 23.4. The van der Waals surface area contributed by atoms with Crippen molar-refractivity contribution in [3.05, 3.63) is 65.4 Å². The molecule has 10 heteroatoms. The van der Waals surface area contributed by atoms with Crippen molar-refractivity contribution in [3.63, 3.8) is 0 Å². The van der Waals surface area contributed by atoms with E-state index in [9.17, 15) is 9.59 Å². The van der Waals surface area contributed by atoms with Crippen LogP contribution in [0.1, 0.15) is 21.7 Å². The van der Waals surface area contributed by atoms with Crippen LogP contribution in [-0.2, 0) is 16.3 Å². The summed E-state index contributed by atoms with van der Waals surface area (Å²) in [5, 5.41) is 6.63. The van der Waals surface area contributed by atoms with Gasteiger partial charge in [0, 0.05) is 22.3 Å². The van der Waals surface area contributed by atoms with Crippen LogP contribution in [0.2, 0.25) is 0 Å². The summed E-state index contributed by atoms with van der Waals surface area (Å²) in [7, 11) is 4.93. The molecule has 0 spiro atoms. The number of benzene rings is 2. The summed E-state index contributed by atoms with van der Waals surface area (Å²) in [6, 6.07) is 13.8. The number of ketones is 1. The summed E-state index contributed by atoms with van der Waals surface area (Å²) in [5.41, 5.74) is 1.63. The monoisotopic (exact) mass is 485 g/mol. The third-order valence-corrected chi connectivity index (χ3v) is 7.10. The van der Waals surface area contributed by atoms with E-state index in [4.69, 9.17) is 14.0 Å². The van der Waals surface area contributed by atoms with Crippen molar-refractivity contribution in [1.82, 2.24) is 9.46 Å². The third-order valence-electron chi connectivity index (χ3n) is 5.03. The van der Waals surface area contributed by atoms with Crippen molar-refractivity contribution in [1.29, 1.82) is 0 Å². The maximum atomic E-state index is 12.8. The van der Waals surface area contributed by atoms with E-state index in [-0.39, 0.29) is 11.6 Å². The third kappa shape index (κ3) is 5.18. The molecule has 0 saturated heterocycles. The first-order valence-corrected chi connectivity index (χ1v) is 12.0. The molecule has 33 heavy (non-hydrogen) atoms. The Morgan fingerprint density at radius 3 is 2.73 bits per heavy atom. The number of aromatic nitrogens is 1. The number of methoxy groups -OCH3 is 2. The lowest BCUT2D eigenvalue weighted by molar-refractivity contribution is -0.118. The van der Waals surface area contributed by atoms with Gasteiger partial charge in [0.05, 0.1) is 20.0 Å². The largest absolute Gasteiger partial charge is 0.493 e. The number of hydrogen-bond acceptors (Lipinski definition) is 9. The first-order valence-electron chi connectivity index (χ1n) is 10.1. The van der Waals surface area contributed by atoms with E-state index in [0.717, 1.165) is 16.2 Å². The van der Waals surface area contributed by atoms with Gasteiger partial charge in [-0.3, -0.25) is 9.59 Å². The van der Waals surface area contributed by atoms with Gasteiger partial charge in [0.15, 0.2) is 29.1 Å². The molecule has 1 aliphatic rings. The molecule has 4 rings (SSSR count). The molecule has 0 aliphatic carbocycles. The predicted molar refractivity (Wildman–Crippen MR) is 128 cm³/mol. The van der Waals surface area contributed by atoms with E-state index in [2.05, 4.69) is 10.5 Å². The molecular weight excluding hydrogens is 462 g/mol. The van der Waals surface area contributed by atoms with Crippen LogP contribution >= 0.6 is 23.7 Å². The topological polar surface area (TPSA) is 93.9 Å². The van der Waals surface area contributed by atoms with E-state index >= 15 is 0 Å². The van der Waals surface area contributed by atoms with Crippen LogP contribution in [0.4, 0.5) is 5.82 Å². The highest BCUT2D eigenvalue weighted by Crippen LogP contribution is 2.34. The average Bonchev–Trinajstić information content (AvgIpc) is 3.25. The van der Waals surface area contributed by atoms with Crippen molar-refractivity contribution in [2.45, 2.75) is 22.4 Å². The maximum absolute atomic E-state index is 12.8. The van der Waals surface area contributed by atoms with Crippen LogP contribution in [0, 0.1) is 0 Å². The Kier molecular flexibility index (Phi) is 7.26. The van der Waals surface area contributed by atoms with Gasteiger partial charge in [-0.25, -0.2) is 4.31 Å². The lowest BCUT2D eigenvalue weighted by Crippen LogP contribution is -2.46. The minimum absolute atomic E-state index is 0.237. The van der Waals surface area contributed by atoms with Crippen molar-refractivity contribution in [3.8, 4) is 11.5 Å². The Morgan fingerprint density at radius 1 is 1.15 bits per heavy atom. The number of ether oxygens (including phenoxy) is 2. The zero-order valence-corrected chi connectivity index (χ0v) is 20.0. The Bertz CT molecular complexity index is 1170. The zero-order valence-electron chi connectivity index (χ0n) is 18.4. The lowest BCUT2D eigenvalue weighted by Gasteiger charge is -2.30. The molecule has 2 aromatic carbocycles. The number of amides is 1. The van der Waals surface area contributed by atoms with E-state index in [1.54, 1.807) is 55.5 Å². The number of likely N-dealkylation sites (N-methyl/N-ethyl adjacent to an activating group) is 1. The number of rotatable bonds is 8. The Labute approximate surface area is 200 Å². The summed E-state index contributed by atoms with van der Waals surface area (Å²) >= 11 is 3.01. The number of carbonyl (C=O) groups is 2. The van der Waals surface area contributed by atoms with Crippen molar-refractivity contribution >= 4 is 41.2 Å². The van der Waals surface area contributed by atoms with E-state index < -0.39 is 11.9 Å². The summed E-state index contributed by atoms with van der Waals surface area (Å²) in [5.74, 6) is 2.91. The van der Waals surface area contributed by atoms with Crippen LogP contribution in [0.5, 0.6) is 11.5 Å². The molecule has 3 aromatic rings. The van der Waals surface area contributed by atoms with E-state index in [1.807, 2.05) is 30.3 Å². The predicted octanol–water partition coefficient (Wildman–Crippen LogP) is 4.27. The number of carbonyl (C=O) groups excluding carboxylic acids is 2. The molecule has 2 heterocycles. The molecular formula is C23H23N3O5S2. The quantitative estimate of drug-likeness (QED) is 0.371. The normalized spacial score (nSPS) is 15.7. The first-order chi connectivity index (χ1) is 16.0. The summed E-state index contributed by atoms with van der Waals surface area (Å²) in [6.07, 6.45) is 0. The standard InChI is InChI=1S/C23H23N3O5S2/c1-26-21(22(27)16-6-4-5-7-19(16)33-26)23(28)24-20-11-15(31-25-20)13-32-12-14-8-9-17(29-2)18(10-14)30-3/h4-11,21H,12-13H2,1-3H3,(H,24,25,28). The number of nitrogens with zero attached hydrogens (tertiary/aromatic N) is 2. The van der Waals surface area contributed by atoms with Crippen LogP contribution in [0.15, 0.2) is 57.9 Å². The molecule has 1 amide bonds. The number of nitrogens with one attached hydrogen (secondary N) is 1. The van der Waals surface area contributed by atoms with Gasteiger partial charge in [0.2, 0.25) is 0 Å². The van der Waals surface area contributed by atoms with Gasteiger partial charge in [0.1, 0.15) is 5.76 Å². The van der Waals surface area contributed by atoms with Crippen LogP contribution < -0.4 is 14.8 Å². The molecule has 172 valence electrons. The number of fused-ring (bicyclic) bond motifs is 1. The maximum Gasteiger partial charge on any atom is 0.251 e. The highest BCUT2D eigenvalue weighted by molar-refractivity contribution is 7.97. The molecule has 8 nitrogen and oxygen atoms in total. The Balaban J connectivity index is 1.33. The summed E-state index contributed by atoms with van der Waals surface area (Å²) in [6.45, 7) is 0. The second-order valence-corrected chi connectivity index (χ2v) is 9.43. The van der Waals surface area contributed by atoms with Crippen molar-refractivity contribution in [2.24, 2.45) is 0 Å². The fourth-order valence-electron chi connectivity index (χ4n) is 3.43. The van der Waals surface area contributed by atoms with Crippen molar-refractivity contribution in [2.75, 3.05) is 26.6 Å². The molecule has 0 radical (unpaired) electrons. The van der Waals surface area contributed by atoms with Crippen LogP contribution in [-0.4, -0.2) is 48.5 Å². The van der Waals surface area contributed by atoms with Gasteiger partial charge in [-0.15, -0.1) is 11.8 Å². The fraction of sp³-hybridized carbons (Fsp3) is 0.261. The van der Waals surface area contributed by atoms with E-state index in [0.29, 0.717) is 28.6 Å². The number of hydrogen-bond donors (Lipinski definition) is 1. The second-order valence-electron chi connectivity index (χ2n) is 7.25. The molecule has 0 fully saturated rings. The van der Waals surface area contributed by atoms with Crippen molar-refractivity contribution < 1.29 is 23.6 Å². The van der Waals surface area contributed by atoms with Gasteiger partial charge in [-0.1, -0.05) is 29.4 Å². The minimum atomic E-state index is -0.940. The van der Waals surface area contributed by atoms with Gasteiger partial charge in [0.25, 0.3) is 5.91 Å². The van der Waals surface area contributed by atoms with Gasteiger partial charge >= 0.3 is 0 Å². The second kappa shape index (κ2) is 10.3. The molecule has 1 aromatic heterocycles. The van der Waals surface area contributed by atoms with E-state index in [1.165, 1.54) is 11.9 Å². The smallest absolute Gasteiger partial charge is 0.251 e. The van der Waals surface area contributed by atoms with Crippen LogP contribution in [0.25, 0.3) is 0 Å². The van der Waals surface area contributed by atoms with Gasteiger partial charge in [-0.05, 0) is 42.8 Å². The van der Waals surface area contributed by atoms with Gasteiger partial charge < -0.3 is 19.3 Å². The first kappa shape index (κ1) is 23.2. The minimum Gasteiger partial charge on any atom is -0.493 e. The highest BCUT2D eigenvalue weighted by atomic mass is 32.2. The summed E-state index contributed by atoms with van der Waals surface area (Å²) < 4.78 is 17.6. The number of Topliss-reactive ketones (excluding diaryl/α,β-unsaturated/α-hetero) is 1. The molecule has 0 bridgehead atoms. The van der Waals surface area contributed by atoms with Crippen LogP contribution in [0.3, 0.4) is 0 Å². The molecule has 0 saturated carbocycles.